The molecule has 9 nitrogen and oxygen atoms in total. The van der Waals surface area contributed by atoms with Crippen molar-refractivity contribution >= 4 is 21.8 Å². The van der Waals surface area contributed by atoms with Crippen molar-refractivity contribution in [1.29, 1.82) is 0 Å². The third kappa shape index (κ3) is 7.48. The van der Waals surface area contributed by atoms with E-state index in [1.807, 2.05) is 48.8 Å². The summed E-state index contributed by atoms with van der Waals surface area (Å²) in [4.78, 5) is 20.4. The van der Waals surface area contributed by atoms with Gasteiger partial charge >= 0.3 is 5.97 Å². The van der Waals surface area contributed by atoms with Crippen LogP contribution < -0.4 is 9.30 Å². The number of pyridine rings is 1. The second-order valence-corrected chi connectivity index (χ2v) is 6.92. The highest BCUT2D eigenvalue weighted by Crippen LogP contribution is 2.16. The van der Waals surface area contributed by atoms with Crippen LogP contribution in [-0.4, -0.2) is 23.9 Å². The van der Waals surface area contributed by atoms with Gasteiger partial charge in [-0.15, -0.1) is 0 Å². The fourth-order valence-corrected chi connectivity index (χ4v) is 2.60. The van der Waals surface area contributed by atoms with Crippen LogP contribution in [0.2, 0.25) is 0 Å². The van der Waals surface area contributed by atoms with Gasteiger partial charge in [-0.05, 0) is 18.2 Å². The number of carbonyl (C=O) groups excluding carboxylic acids is 1. The lowest BCUT2D eigenvalue weighted by Gasteiger charge is -2.05. The fourth-order valence-electron chi connectivity index (χ4n) is 2.09. The van der Waals surface area contributed by atoms with Gasteiger partial charge in [-0.3, -0.25) is 10.1 Å². The average Bonchev–Trinajstić information content (AvgIpc) is 2.69. The van der Waals surface area contributed by atoms with Crippen molar-refractivity contribution in [3.63, 3.8) is 0 Å². The second kappa shape index (κ2) is 10.1. The minimum absolute atomic E-state index is 0.218. The molecule has 2 aromatic carbocycles. The molecule has 0 unspecified atom stereocenters. The summed E-state index contributed by atoms with van der Waals surface area (Å²) in [6, 6.07) is 18.7. The van der Waals surface area contributed by atoms with Crippen LogP contribution in [-0.2, 0) is 21.5 Å². The van der Waals surface area contributed by atoms with E-state index in [1.165, 1.54) is 0 Å². The van der Waals surface area contributed by atoms with Crippen LogP contribution in [0, 0.1) is 10.1 Å². The first-order valence-electron chi connectivity index (χ1n) is 8.16. The highest BCUT2D eigenvalue weighted by Gasteiger charge is 2.10. The SMILES string of the molecule is O=C(C[n+]1ccccc1)Oc1ccccc1.O=[N+]([O-])c1cccc(S(=O)(=O)[O-])c1. The van der Waals surface area contributed by atoms with Crippen molar-refractivity contribution < 1.29 is 32.0 Å². The summed E-state index contributed by atoms with van der Waals surface area (Å²) in [5.74, 6) is 0.298. The summed E-state index contributed by atoms with van der Waals surface area (Å²) in [5, 5.41) is 10.2. The van der Waals surface area contributed by atoms with Gasteiger partial charge in [0.25, 0.3) is 5.69 Å². The average molecular weight is 416 g/mol. The second-order valence-electron chi connectivity index (χ2n) is 5.54. The Balaban J connectivity index is 0.000000212. The molecule has 0 aliphatic heterocycles. The minimum atomic E-state index is -4.61. The third-order valence-corrected chi connectivity index (χ3v) is 4.21. The highest BCUT2D eigenvalue weighted by molar-refractivity contribution is 7.85. The van der Waals surface area contributed by atoms with E-state index in [4.69, 9.17) is 4.74 Å². The van der Waals surface area contributed by atoms with Crippen LogP contribution in [0.5, 0.6) is 5.75 Å². The summed E-state index contributed by atoms with van der Waals surface area (Å²) >= 11 is 0. The zero-order chi connectivity index (χ0) is 21.3. The number of hydrogen-bond acceptors (Lipinski definition) is 7. The van der Waals surface area contributed by atoms with E-state index < -0.39 is 25.6 Å². The van der Waals surface area contributed by atoms with Gasteiger partial charge in [-0.1, -0.05) is 30.3 Å². The molecule has 150 valence electrons. The lowest BCUT2D eigenvalue weighted by Crippen LogP contribution is -2.38. The monoisotopic (exact) mass is 416 g/mol. The molecule has 3 aromatic rings. The van der Waals surface area contributed by atoms with Gasteiger partial charge in [0.15, 0.2) is 12.4 Å². The van der Waals surface area contributed by atoms with E-state index in [-0.39, 0.29) is 12.5 Å². The Kier molecular flexibility index (Phi) is 7.52. The molecule has 1 aromatic heterocycles. The van der Waals surface area contributed by atoms with Crippen molar-refractivity contribution in [3.05, 3.63) is 95.3 Å². The van der Waals surface area contributed by atoms with Crippen LogP contribution in [0.4, 0.5) is 5.69 Å². The lowest BCUT2D eigenvalue weighted by atomic mass is 10.3. The molecule has 0 spiro atoms. The Morgan fingerprint density at radius 2 is 1.59 bits per heavy atom. The Morgan fingerprint density at radius 1 is 0.966 bits per heavy atom. The number of carbonyl (C=O) groups is 1. The Labute approximate surface area is 166 Å². The maximum absolute atomic E-state index is 11.5. The first kappa shape index (κ1) is 21.7. The molecule has 29 heavy (non-hydrogen) atoms. The number of hydrogen-bond donors (Lipinski definition) is 0. The first-order valence-corrected chi connectivity index (χ1v) is 9.57. The van der Waals surface area contributed by atoms with E-state index in [0.29, 0.717) is 5.75 Å². The molecule has 3 rings (SSSR count). The van der Waals surface area contributed by atoms with Gasteiger partial charge in [0.1, 0.15) is 15.9 Å². The summed E-state index contributed by atoms with van der Waals surface area (Å²) in [5.41, 5.74) is -0.420. The maximum Gasteiger partial charge on any atom is 0.378 e. The van der Waals surface area contributed by atoms with Gasteiger partial charge in [0.05, 0.1) is 9.82 Å². The number of aromatic nitrogens is 1. The number of nitro benzene ring substituents is 1. The summed E-state index contributed by atoms with van der Waals surface area (Å²) in [7, 11) is -4.61. The maximum atomic E-state index is 11.5. The fraction of sp³-hybridized carbons (Fsp3) is 0.0526. The predicted molar refractivity (Wildman–Crippen MR) is 99.8 cm³/mol. The quantitative estimate of drug-likeness (QED) is 0.155. The molecule has 0 bridgehead atoms. The molecular formula is C19H16N2O7S. The van der Waals surface area contributed by atoms with Crippen LogP contribution >= 0.6 is 0 Å². The molecule has 0 saturated carbocycles. The van der Waals surface area contributed by atoms with Crippen LogP contribution in [0.15, 0.2) is 90.1 Å². The molecule has 0 N–H and O–H groups in total. The number of nitro groups is 1. The van der Waals surface area contributed by atoms with Crippen molar-refractivity contribution in [1.82, 2.24) is 0 Å². The molecule has 0 aliphatic rings. The first-order chi connectivity index (χ1) is 13.8. The standard InChI is InChI=1S/C13H12NO2.C6H5NO5S/c15-13(11-14-9-5-2-6-10-14)16-12-7-3-1-4-8-12;8-7(9)5-2-1-3-6(4-5)13(10,11)12/h1-10H,11H2;1-4H,(H,10,11,12)/q+1;/p-1. The number of esters is 1. The number of ether oxygens (including phenoxy) is 1. The Hall–Kier alpha value is -3.63. The van der Waals surface area contributed by atoms with Gasteiger partial charge < -0.3 is 9.29 Å². The zero-order valence-corrected chi connectivity index (χ0v) is 15.8. The van der Waals surface area contributed by atoms with Crippen molar-refractivity contribution in [3.8, 4) is 5.75 Å². The van der Waals surface area contributed by atoms with E-state index in [2.05, 4.69) is 0 Å². The van der Waals surface area contributed by atoms with Crippen LogP contribution in [0.3, 0.4) is 0 Å². The molecule has 10 heteroatoms. The molecule has 0 radical (unpaired) electrons. The van der Waals surface area contributed by atoms with Crippen molar-refractivity contribution in [2.24, 2.45) is 0 Å². The number of para-hydroxylation sites is 1. The number of benzene rings is 2. The van der Waals surface area contributed by atoms with Gasteiger partial charge in [-0.2, -0.15) is 4.57 Å². The van der Waals surface area contributed by atoms with Crippen molar-refractivity contribution in [2.45, 2.75) is 11.4 Å². The van der Waals surface area contributed by atoms with Gasteiger partial charge in [0, 0.05) is 24.3 Å². The number of rotatable bonds is 5. The van der Waals surface area contributed by atoms with Crippen LogP contribution in [0.25, 0.3) is 0 Å². The lowest BCUT2D eigenvalue weighted by molar-refractivity contribution is -0.685. The predicted octanol–water partition coefficient (Wildman–Crippen LogP) is 2.08. The van der Waals surface area contributed by atoms with E-state index >= 15 is 0 Å². The molecule has 0 fully saturated rings. The Bertz CT molecular complexity index is 1030. The Morgan fingerprint density at radius 3 is 2.17 bits per heavy atom. The van der Waals surface area contributed by atoms with Crippen molar-refractivity contribution in [2.75, 3.05) is 0 Å². The molecule has 0 aliphatic carbocycles. The molecule has 0 amide bonds. The minimum Gasteiger partial charge on any atom is -0.744 e. The van der Waals surface area contributed by atoms with Crippen LogP contribution in [0.1, 0.15) is 0 Å². The normalized spacial score (nSPS) is 10.4. The summed E-state index contributed by atoms with van der Waals surface area (Å²) in [6.07, 6.45) is 3.65. The molecular weight excluding hydrogens is 400 g/mol. The molecule has 0 saturated heterocycles. The summed E-state index contributed by atoms with van der Waals surface area (Å²) in [6.45, 7) is 0.218. The number of nitrogens with zero attached hydrogens (tertiary/aromatic N) is 2. The van der Waals surface area contributed by atoms with Gasteiger partial charge in [0.2, 0.25) is 6.54 Å². The molecule has 0 atom stereocenters. The largest absolute Gasteiger partial charge is 0.744 e. The van der Waals surface area contributed by atoms with Gasteiger partial charge in [-0.25, -0.2) is 13.2 Å². The van der Waals surface area contributed by atoms with E-state index in [9.17, 15) is 27.9 Å². The molecule has 1 heterocycles. The topological polar surface area (TPSA) is 131 Å². The summed E-state index contributed by atoms with van der Waals surface area (Å²) < 4.78 is 38.2. The smallest absolute Gasteiger partial charge is 0.378 e. The van der Waals surface area contributed by atoms with E-state index in [1.54, 1.807) is 16.7 Å². The highest BCUT2D eigenvalue weighted by atomic mass is 32.2. The number of non-ortho nitro benzene ring substituents is 1. The third-order valence-electron chi connectivity index (χ3n) is 3.38. The zero-order valence-electron chi connectivity index (χ0n) is 15.0. The van der Waals surface area contributed by atoms with E-state index in [0.717, 1.165) is 24.3 Å².